The molecule has 154 valence electrons. The summed E-state index contributed by atoms with van der Waals surface area (Å²) in [5, 5.41) is 11.4. The Labute approximate surface area is 167 Å². The van der Waals surface area contributed by atoms with Crippen LogP contribution in [0.25, 0.3) is 0 Å². The number of amides is 1. The molecular weight excluding hydrogens is 356 g/mol. The molecule has 1 aromatic carbocycles. The molecule has 2 N–H and O–H groups in total. The maximum absolute atomic E-state index is 13.0. The van der Waals surface area contributed by atoms with Crippen molar-refractivity contribution >= 4 is 5.91 Å². The Morgan fingerprint density at radius 1 is 1.29 bits per heavy atom. The molecule has 6 nitrogen and oxygen atoms in total. The van der Waals surface area contributed by atoms with E-state index >= 15 is 0 Å². The zero-order chi connectivity index (χ0) is 19.6. The SMILES string of the molecule is COc1ccccc1[C@H]1[C@H]2CCCC[C@]2(O)CC[NH+]1CC(=O)N1CCOCC1. The van der Waals surface area contributed by atoms with Gasteiger partial charge in [0.15, 0.2) is 6.54 Å². The van der Waals surface area contributed by atoms with Crippen LogP contribution in [-0.2, 0) is 9.53 Å². The number of aliphatic hydroxyl groups is 1. The molecule has 28 heavy (non-hydrogen) atoms. The number of ether oxygens (including phenoxy) is 2. The van der Waals surface area contributed by atoms with E-state index in [0.717, 1.165) is 50.0 Å². The molecule has 1 aliphatic carbocycles. The molecule has 6 heteroatoms. The fourth-order valence-corrected chi connectivity index (χ4v) is 5.53. The Bertz CT molecular complexity index is 691. The van der Waals surface area contributed by atoms with Gasteiger partial charge in [0.2, 0.25) is 0 Å². The Hall–Kier alpha value is -1.63. The van der Waals surface area contributed by atoms with Gasteiger partial charge in [-0.2, -0.15) is 0 Å². The van der Waals surface area contributed by atoms with Gasteiger partial charge in [0, 0.05) is 25.4 Å². The summed E-state index contributed by atoms with van der Waals surface area (Å²) in [6.45, 7) is 3.89. The maximum Gasteiger partial charge on any atom is 0.277 e. The largest absolute Gasteiger partial charge is 0.496 e. The Balaban J connectivity index is 1.63. The molecule has 0 radical (unpaired) electrons. The fraction of sp³-hybridized carbons (Fsp3) is 0.682. The number of carbonyl (C=O) groups excluding carboxylic acids is 1. The molecule has 4 atom stereocenters. The number of hydrogen-bond acceptors (Lipinski definition) is 4. The van der Waals surface area contributed by atoms with E-state index in [-0.39, 0.29) is 17.9 Å². The molecule has 1 aromatic rings. The van der Waals surface area contributed by atoms with Crippen LogP contribution >= 0.6 is 0 Å². The number of piperidine rings is 1. The van der Waals surface area contributed by atoms with Gasteiger partial charge in [0.1, 0.15) is 11.8 Å². The number of rotatable bonds is 4. The van der Waals surface area contributed by atoms with Crippen molar-refractivity contribution in [1.82, 2.24) is 4.90 Å². The molecule has 4 rings (SSSR count). The highest BCUT2D eigenvalue weighted by Gasteiger charge is 2.52. The smallest absolute Gasteiger partial charge is 0.277 e. The minimum atomic E-state index is -0.616. The second kappa shape index (κ2) is 8.39. The van der Waals surface area contributed by atoms with Gasteiger partial charge in [-0.15, -0.1) is 0 Å². The monoisotopic (exact) mass is 389 g/mol. The van der Waals surface area contributed by atoms with Crippen molar-refractivity contribution in [2.75, 3.05) is 46.5 Å². The predicted octanol–water partition coefficient (Wildman–Crippen LogP) is 0.805. The van der Waals surface area contributed by atoms with Gasteiger partial charge in [-0.3, -0.25) is 4.79 Å². The lowest BCUT2D eigenvalue weighted by atomic mass is 9.66. The van der Waals surface area contributed by atoms with Crippen LogP contribution in [-0.4, -0.2) is 68.0 Å². The molecule has 1 amide bonds. The molecule has 2 saturated heterocycles. The van der Waals surface area contributed by atoms with E-state index in [2.05, 4.69) is 6.07 Å². The molecular formula is C22H33N2O4+. The van der Waals surface area contributed by atoms with Crippen molar-refractivity contribution < 1.29 is 24.3 Å². The van der Waals surface area contributed by atoms with Gasteiger partial charge < -0.3 is 24.4 Å². The molecule has 2 aliphatic heterocycles. The summed E-state index contributed by atoms with van der Waals surface area (Å²) in [5.74, 6) is 1.22. The van der Waals surface area contributed by atoms with E-state index in [9.17, 15) is 9.90 Å². The molecule has 0 bridgehead atoms. The van der Waals surface area contributed by atoms with Gasteiger partial charge in [-0.25, -0.2) is 0 Å². The first kappa shape index (κ1) is 19.7. The van der Waals surface area contributed by atoms with Gasteiger partial charge in [-0.1, -0.05) is 25.0 Å². The minimum absolute atomic E-state index is 0.0835. The first-order valence-electron chi connectivity index (χ1n) is 10.7. The predicted molar refractivity (Wildman–Crippen MR) is 105 cm³/mol. The van der Waals surface area contributed by atoms with Crippen molar-refractivity contribution in [2.45, 2.75) is 43.7 Å². The van der Waals surface area contributed by atoms with Gasteiger partial charge in [0.25, 0.3) is 5.91 Å². The Morgan fingerprint density at radius 2 is 2.07 bits per heavy atom. The van der Waals surface area contributed by atoms with Crippen LogP contribution in [0.2, 0.25) is 0 Å². The van der Waals surface area contributed by atoms with Crippen LogP contribution in [0.15, 0.2) is 24.3 Å². The first-order valence-corrected chi connectivity index (χ1v) is 10.7. The summed E-state index contributed by atoms with van der Waals surface area (Å²) in [5.41, 5.74) is 0.509. The highest BCUT2D eigenvalue weighted by Crippen LogP contribution is 2.45. The maximum atomic E-state index is 13.0. The topological polar surface area (TPSA) is 63.4 Å². The molecule has 0 spiro atoms. The lowest BCUT2D eigenvalue weighted by Gasteiger charge is -2.50. The first-order chi connectivity index (χ1) is 13.6. The number of nitrogens with one attached hydrogen (secondary N) is 1. The van der Waals surface area contributed by atoms with Gasteiger partial charge >= 0.3 is 0 Å². The number of methoxy groups -OCH3 is 1. The number of para-hydroxylation sites is 1. The summed E-state index contributed by atoms with van der Waals surface area (Å²) >= 11 is 0. The highest BCUT2D eigenvalue weighted by molar-refractivity contribution is 5.77. The molecule has 0 aromatic heterocycles. The zero-order valence-electron chi connectivity index (χ0n) is 16.9. The highest BCUT2D eigenvalue weighted by atomic mass is 16.5. The molecule has 2 heterocycles. The fourth-order valence-electron chi connectivity index (χ4n) is 5.53. The third-order valence-corrected chi connectivity index (χ3v) is 7.00. The molecule has 3 aliphatic rings. The number of fused-ring (bicyclic) bond motifs is 1. The number of nitrogens with zero attached hydrogens (tertiary/aromatic N) is 1. The van der Waals surface area contributed by atoms with Gasteiger partial charge in [0.05, 0.1) is 38.0 Å². The van der Waals surface area contributed by atoms with Crippen LogP contribution in [0.3, 0.4) is 0 Å². The van der Waals surface area contributed by atoms with Crippen LogP contribution in [0, 0.1) is 5.92 Å². The van der Waals surface area contributed by atoms with E-state index in [1.807, 2.05) is 23.1 Å². The number of likely N-dealkylation sites (tertiary alicyclic amines) is 1. The Kier molecular flexibility index (Phi) is 5.90. The second-order valence-corrected chi connectivity index (χ2v) is 8.50. The van der Waals surface area contributed by atoms with Crippen molar-refractivity contribution in [3.8, 4) is 5.75 Å². The summed E-state index contributed by atoms with van der Waals surface area (Å²) in [6, 6.07) is 8.21. The normalized spacial score (nSPS) is 33.2. The third kappa shape index (κ3) is 3.78. The summed E-state index contributed by atoms with van der Waals surface area (Å²) in [6.07, 6.45) is 4.88. The number of quaternary nitrogens is 1. The summed E-state index contributed by atoms with van der Waals surface area (Å²) in [7, 11) is 1.70. The summed E-state index contributed by atoms with van der Waals surface area (Å²) in [4.78, 5) is 16.2. The van der Waals surface area contributed by atoms with E-state index < -0.39 is 5.60 Å². The number of hydrogen-bond donors (Lipinski definition) is 2. The van der Waals surface area contributed by atoms with Crippen molar-refractivity contribution in [3.05, 3.63) is 29.8 Å². The van der Waals surface area contributed by atoms with Crippen LogP contribution in [0.1, 0.15) is 43.7 Å². The number of carbonyl (C=O) groups is 1. The van der Waals surface area contributed by atoms with E-state index in [0.29, 0.717) is 32.8 Å². The van der Waals surface area contributed by atoms with Crippen LogP contribution in [0.5, 0.6) is 5.75 Å². The average Bonchev–Trinajstić information content (AvgIpc) is 2.74. The van der Waals surface area contributed by atoms with Crippen LogP contribution in [0.4, 0.5) is 0 Å². The third-order valence-electron chi connectivity index (χ3n) is 7.00. The van der Waals surface area contributed by atoms with Crippen molar-refractivity contribution in [1.29, 1.82) is 0 Å². The van der Waals surface area contributed by atoms with E-state index in [1.165, 1.54) is 4.90 Å². The van der Waals surface area contributed by atoms with E-state index in [1.54, 1.807) is 7.11 Å². The average molecular weight is 390 g/mol. The van der Waals surface area contributed by atoms with Crippen molar-refractivity contribution in [3.63, 3.8) is 0 Å². The standard InChI is InChI=1S/C22H32N2O4/c1-27-19-8-3-2-6-17(19)21-18-7-4-5-9-22(18,26)10-11-24(21)16-20(25)23-12-14-28-15-13-23/h2-3,6,8,18,21,26H,4-5,7,9-16H2,1H3/p+1/t18-,21+,22+/m1/s1. The molecule has 1 unspecified atom stereocenters. The lowest BCUT2D eigenvalue weighted by molar-refractivity contribution is -0.938. The molecule has 1 saturated carbocycles. The van der Waals surface area contributed by atoms with E-state index in [4.69, 9.17) is 9.47 Å². The lowest BCUT2D eigenvalue weighted by Crippen LogP contribution is -3.16. The summed E-state index contributed by atoms with van der Waals surface area (Å²) < 4.78 is 11.1. The van der Waals surface area contributed by atoms with Gasteiger partial charge in [-0.05, 0) is 25.0 Å². The number of morpholine rings is 1. The van der Waals surface area contributed by atoms with Crippen molar-refractivity contribution in [2.24, 2.45) is 5.92 Å². The quantitative estimate of drug-likeness (QED) is 0.800. The number of benzene rings is 1. The van der Waals surface area contributed by atoms with Crippen LogP contribution < -0.4 is 9.64 Å². The zero-order valence-corrected chi connectivity index (χ0v) is 16.9. The second-order valence-electron chi connectivity index (χ2n) is 8.50. The Morgan fingerprint density at radius 3 is 2.86 bits per heavy atom. The minimum Gasteiger partial charge on any atom is -0.496 e. The molecule has 3 fully saturated rings.